The van der Waals surface area contributed by atoms with Crippen LogP contribution in [-0.2, 0) is 0 Å². The molecule has 0 saturated carbocycles. The molecular weight excluding hydrogens is 128 g/mol. The molecule has 1 aliphatic rings. The van der Waals surface area contributed by atoms with Crippen molar-refractivity contribution in [3.05, 3.63) is 0 Å². The Kier molecular flexibility index (Phi) is 3.08. The Morgan fingerprint density at radius 1 is 1.10 bits per heavy atom. The number of hydrogen-bond acceptors (Lipinski definition) is 4. The molecule has 0 aromatic carbocycles. The van der Waals surface area contributed by atoms with Crippen molar-refractivity contribution in [2.45, 2.75) is 12.3 Å². The second kappa shape index (κ2) is 3.88. The van der Waals surface area contributed by atoms with E-state index < -0.39 is 0 Å². The van der Waals surface area contributed by atoms with Gasteiger partial charge in [0.15, 0.2) is 0 Å². The summed E-state index contributed by atoms with van der Waals surface area (Å²) in [5, 5.41) is 13.0. The average molecular weight is 144 g/mol. The van der Waals surface area contributed by atoms with Gasteiger partial charge in [0, 0.05) is 13.1 Å². The molecule has 0 amide bonds. The maximum absolute atomic E-state index is 3.37. The van der Waals surface area contributed by atoms with Crippen molar-refractivity contribution in [2.75, 3.05) is 27.2 Å². The number of likely N-dealkylation sites (N-methyl/N-ethyl adjacent to an activating group) is 2. The molecule has 0 spiro atoms. The number of nitrogens with one attached hydrogen (secondary N) is 4. The number of hydrogen-bond donors (Lipinski definition) is 4. The molecule has 1 saturated heterocycles. The molecular formula is C6H16N4. The topological polar surface area (TPSA) is 48.1 Å². The van der Waals surface area contributed by atoms with E-state index in [0.717, 1.165) is 13.1 Å². The van der Waals surface area contributed by atoms with Gasteiger partial charge in [-0.05, 0) is 14.1 Å². The van der Waals surface area contributed by atoms with Crippen molar-refractivity contribution < 1.29 is 0 Å². The minimum atomic E-state index is 0.395. The largest absolute Gasteiger partial charge is 0.311 e. The van der Waals surface area contributed by atoms with Crippen LogP contribution in [0.3, 0.4) is 0 Å². The predicted molar refractivity (Wildman–Crippen MR) is 41.7 cm³/mol. The fourth-order valence-corrected chi connectivity index (χ4v) is 1.10. The molecule has 1 aliphatic heterocycles. The van der Waals surface area contributed by atoms with Gasteiger partial charge in [-0.1, -0.05) is 0 Å². The zero-order chi connectivity index (χ0) is 7.40. The molecule has 0 aromatic rings. The summed E-state index contributed by atoms with van der Waals surface area (Å²) in [4.78, 5) is 0. The quantitative estimate of drug-likeness (QED) is 0.372. The van der Waals surface area contributed by atoms with Crippen molar-refractivity contribution in [3.63, 3.8) is 0 Å². The Hall–Kier alpha value is -0.160. The van der Waals surface area contributed by atoms with Gasteiger partial charge < -0.3 is 16.0 Å². The molecule has 0 aliphatic carbocycles. The predicted octanol–water partition coefficient (Wildman–Crippen LogP) is -1.73. The van der Waals surface area contributed by atoms with Gasteiger partial charge in [0.1, 0.15) is 0 Å². The Bertz CT molecular complexity index is 85.7. The lowest BCUT2D eigenvalue weighted by Gasteiger charge is -2.31. The lowest BCUT2D eigenvalue weighted by Crippen LogP contribution is -2.63. The van der Waals surface area contributed by atoms with Crippen molar-refractivity contribution in [1.82, 2.24) is 21.3 Å². The van der Waals surface area contributed by atoms with E-state index in [0.29, 0.717) is 12.3 Å². The lowest BCUT2D eigenvalue weighted by molar-refractivity contribution is 0.287. The van der Waals surface area contributed by atoms with E-state index in [4.69, 9.17) is 0 Å². The summed E-state index contributed by atoms with van der Waals surface area (Å²) in [5.41, 5.74) is 0. The fraction of sp³-hybridized carbons (Fsp3) is 1.00. The Labute approximate surface area is 61.8 Å². The van der Waals surface area contributed by atoms with Gasteiger partial charge in [-0.2, -0.15) is 0 Å². The third kappa shape index (κ3) is 1.91. The highest BCUT2D eigenvalue weighted by molar-refractivity contribution is 4.78. The highest BCUT2D eigenvalue weighted by atomic mass is 15.3. The second-order valence-electron chi connectivity index (χ2n) is 2.51. The number of rotatable bonds is 2. The Morgan fingerprint density at radius 3 is 2.00 bits per heavy atom. The van der Waals surface area contributed by atoms with Crippen LogP contribution in [0.4, 0.5) is 0 Å². The summed E-state index contributed by atoms with van der Waals surface area (Å²) in [6.45, 7) is 1.99. The Morgan fingerprint density at radius 2 is 1.60 bits per heavy atom. The smallest absolute Gasteiger partial charge is 0.0710 e. The first-order chi connectivity index (χ1) is 4.86. The van der Waals surface area contributed by atoms with Gasteiger partial charge in [0.2, 0.25) is 0 Å². The van der Waals surface area contributed by atoms with Crippen molar-refractivity contribution in [3.8, 4) is 0 Å². The zero-order valence-corrected chi connectivity index (χ0v) is 6.57. The van der Waals surface area contributed by atoms with Crippen LogP contribution in [0.25, 0.3) is 0 Å². The van der Waals surface area contributed by atoms with Gasteiger partial charge >= 0.3 is 0 Å². The van der Waals surface area contributed by atoms with Crippen LogP contribution >= 0.6 is 0 Å². The van der Waals surface area contributed by atoms with E-state index in [1.165, 1.54) is 0 Å². The maximum atomic E-state index is 3.37. The first-order valence-corrected chi connectivity index (χ1v) is 3.68. The highest BCUT2D eigenvalue weighted by Gasteiger charge is 2.16. The van der Waals surface area contributed by atoms with Gasteiger partial charge in [-0.3, -0.25) is 5.32 Å². The monoisotopic (exact) mass is 144 g/mol. The minimum absolute atomic E-state index is 0.395. The summed E-state index contributed by atoms with van der Waals surface area (Å²) in [6.07, 6.45) is 0.789. The van der Waals surface area contributed by atoms with Crippen molar-refractivity contribution >= 4 is 0 Å². The molecule has 2 unspecified atom stereocenters. The molecule has 2 atom stereocenters. The SMILES string of the molecule is CNC1CNCC(NC)N1. The first kappa shape index (κ1) is 7.94. The van der Waals surface area contributed by atoms with Crippen LogP contribution < -0.4 is 21.3 Å². The molecule has 0 aromatic heterocycles. The summed E-state index contributed by atoms with van der Waals surface area (Å²) in [6, 6.07) is 0. The molecule has 4 nitrogen and oxygen atoms in total. The summed E-state index contributed by atoms with van der Waals surface area (Å²) in [7, 11) is 3.91. The van der Waals surface area contributed by atoms with Gasteiger partial charge in [-0.25, -0.2) is 0 Å². The third-order valence-electron chi connectivity index (χ3n) is 1.80. The normalized spacial score (nSPS) is 34.2. The third-order valence-corrected chi connectivity index (χ3v) is 1.80. The molecule has 1 heterocycles. The van der Waals surface area contributed by atoms with Crippen molar-refractivity contribution in [2.24, 2.45) is 0 Å². The van der Waals surface area contributed by atoms with E-state index in [-0.39, 0.29) is 0 Å². The van der Waals surface area contributed by atoms with Gasteiger partial charge in [0.05, 0.1) is 12.3 Å². The standard InChI is InChI=1S/C6H16N4/c1-7-5-3-9-4-6(8-2)10-5/h5-10H,3-4H2,1-2H3. The second-order valence-corrected chi connectivity index (χ2v) is 2.51. The van der Waals surface area contributed by atoms with E-state index in [1.54, 1.807) is 0 Å². The van der Waals surface area contributed by atoms with E-state index in [2.05, 4.69) is 21.3 Å². The van der Waals surface area contributed by atoms with Gasteiger partial charge in [-0.15, -0.1) is 0 Å². The molecule has 1 fully saturated rings. The van der Waals surface area contributed by atoms with Crippen LogP contribution in [0.1, 0.15) is 0 Å². The summed E-state index contributed by atoms with van der Waals surface area (Å²) >= 11 is 0. The van der Waals surface area contributed by atoms with E-state index in [9.17, 15) is 0 Å². The van der Waals surface area contributed by atoms with Crippen LogP contribution in [-0.4, -0.2) is 39.5 Å². The van der Waals surface area contributed by atoms with Crippen LogP contribution in [0, 0.1) is 0 Å². The highest BCUT2D eigenvalue weighted by Crippen LogP contribution is 1.85. The minimum Gasteiger partial charge on any atom is -0.311 e. The van der Waals surface area contributed by atoms with Crippen LogP contribution in [0.2, 0.25) is 0 Å². The first-order valence-electron chi connectivity index (χ1n) is 3.68. The van der Waals surface area contributed by atoms with Crippen LogP contribution in [0.15, 0.2) is 0 Å². The maximum Gasteiger partial charge on any atom is 0.0710 e. The molecule has 1 rings (SSSR count). The number of piperazine rings is 1. The lowest BCUT2D eigenvalue weighted by atomic mass is 10.3. The fourth-order valence-electron chi connectivity index (χ4n) is 1.10. The summed E-state index contributed by atoms with van der Waals surface area (Å²) in [5.74, 6) is 0. The van der Waals surface area contributed by atoms with Crippen molar-refractivity contribution in [1.29, 1.82) is 0 Å². The van der Waals surface area contributed by atoms with Crippen LogP contribution in [0.5, 0.6) is 0 Å². The molecule has 4 heteroatoms. The zero-order valence-electron chi connectivity index (χ0n) is 6.57. The summed E-state index contributed by atoms with van der Waals surface area (Å²) < 4.78 is 0. The molecule has 0 radical (unpaired) electrons. The Balaban J connectivity index is 2.25. The van der Waals surface area contributed by atoms with E-state index in [1.807, 2.05) is 14.1 Å². The average Bonchev–Trinajstić information content (AvgIpc) is 2.05. The van der Waals surface area contributed by atoms with Gasteiger partial charge in [0.25, 0.3) is 0 Å². The molecule has 10 heavy (non-hydrogen) atoms. The molecule has 60 valence electrons. The molecule has 4 N–H and O–H groups in total. The molecule has 0 bridgehead atoms. The van der Waals surface area contributed by atoms with E-state index >= 15 is 0 Å².